The lowest BCUT2D eigenvalue weighted by molar-refractivity contribution is -0.0459. The molecule has 3 nitrogen and oxygen atoms in total. The van der Waals surface area contributed by atoms with Gasteiger partial charge in [-0.05, 0) is 20.3 Å². The zero-order chi connectivity index (χ0) is 12.2. The van der Waals surface area contributed by atoms with Gasteiger partial charge in [-0.2, -0.15) is 0 Å². The van der Waals surface area contributed by atoms with Gasteiger partial charge in [-0.25, -0.2) is 0 Å². The van der Waals surface area contributed by atoms with Crippen LogP contribution in [0.4, 0.5) is 0 Å². The number of aliphatic hydroxyl groups excluding tert-OH is 1. The second-order valence-corrected chi connectivity index (χ2v) is 4.42. The summed E-state index contributed by atoms with van der Waals surface area (Å²) in [6.45, 7) is 7.55. The highest BCUT2D eigenvalue weighted by Crippen LogP contribution is 2.04. The molecule has 0 aromatic rings. The van der Waals surface area contributed by atoms with Crippen molar-refractivity contribution in [2.45, 2.75) is 65.1 Å². The number of ether oxygens (including phenoxy) is 2. The quantitative estimate of drug-likeness (QED) is 0.557. The van der Waals surface area contributed by atoms with E-state index in [1.807, 2.05) is 13.8 Å². The van der Waals surface area contributed by atoms with Crippen LogP contribution in [0.15, 0.2) is 0 Å². The molecule has 0 aromatic heterocycles. The van der Waals surface area contributed by atoms with Crippen molar-refractivity contribution in [3.63, 3.8) is 0 Å². The van der Waals surface area contributed by atoms with E-state index in [4.69, 9.17) is 14.6 Å². The minimum absolute atomic E-state index is 0.0732. The Morgan fingerprint density at radius 2 is 1.62 bits per heavy atom. The Balaban J connectivity index is 3.20. The third-order valence-electron chi connectivity index (χ3n) is 2.52. The SMILES string of the molecule is CCCCCCCOC(C)COC(C)CO. The van der Waals surface area contributed by atoms with E-state index >= 15 is 0 Å². The third-order valence-corrected chi connectivity index (χ3v) is 2.52. The Kier molecular flexibility index (Phi) is 11.3. The number of unbranched alkanes of at least 4 members (excludes halogenated alkanes) is 4. The summed E-state index contributed by atoms with van der Waals surface area (Å²) in [6.07, 6.45) is 6.35. The molecule has 16 heavy (non-hydrogen) atoms. The minimum Gasteiger partial charge on any atom is -0.394 e. The summed E-state index contributed by atoms with van der Waals surface area (Å²) in [5, 5.41) is 8.78. The van der Waals surface area contributed by atoms with Crippen molar-refractivity contribution in [2.24, 2.45) is 0 Å². The molecule has 0 spiro atoms. The van der Waals surface area contributed by atoms with Gasteiger partial charge in [-0.15, -0.1) is 0 Å². The molecule has 0 radical (unpaired) electrons. The molecule has 2 atom stereocenters. The predicted octanol–water partition coefficient (Wildman–Crippen LogP) is 2.76. The van der Waals surface area contributed by atoms with Gasteiger partial charge < -0.3 is 14.6 Å². The van der Waals surface area contributed by atoms with E-state index in [1.54, 1.807) is 0 Å². The maximum atomic E-state index is 8.78. The summed E-state index contributed by atoms with van der Waals surface area (Å²) in [7, 11) is 0. The van der Waals surface area contributed by atoms with Gasteiger partial charge in [0.05, 0.1) is 25.4 Å². The summed E-state index contributed by atoms with van der Waals surface area (Å²) in [4.78, 5) is 0. The Morgan fingerprint density at radius 1 is 0.938 bits per heavy atom. The molecule has 0 saturated heterocycles. The lowest BCUT2D eigenvalue weighted by Crippen LogP contribution is -2.22. The number of rotatable bonds is 11. The van der Waals surface area contributed by atoms with Crippen LogP contribution in [0.5, 0.6) is 0 Å². The fourth-order valence-electron chi connectivity index (χ4n) is 1.39. The monoisotopic (exact) mass is 232 g/mol. The normalized spacial score (nSPS) is 15.0. The Labute approximate surface area is 100 Å². The molecule has 0 heterocycles. The molecule has 0 bridgehead atoms. The first kappa shape index (κ1) is 15.9. The zero-order valence-corrected chi connectivity index (χ0v) is 11.1. The Hall–Kier alpha value is -0.120. The van der Waals surface area contributed by atoms with Crippen LogP contribution in [0.3, 0.4) is 0 Å². The van der Waals surface area contributed by atoms with Crippen LogP contribution in [0.25, 0.3) is 0 Å². The van der Waals surface area contributed by atoms with Gasteiger partial charge in [0.1, 0.15) is 0 Å². The van der Waals surface area contributed by atoms with E-state index in [2.05, 4.69) is 6.92 Å². The Morgan fingerprint density at radius 3 is 2.25 bits per heavy atom. The number of hydrogen-bond donors (Lipinski definition) is 1. The lowest BCUT2D eigenvalue weighted by atomic mass is 10.2. The van der Waals surface area contributed by atoms with Crippen LogP contribution < -0.4 is 0 Å². The molecule has 0 amide bonds. The molecule has 0 aromatic carbocycles. The molecule has 0 aliphatic rings. The van der Waals surface area contributed by atoms with Gasteiger partial charge in [-0.3, -0.25) is 0 Å². The Bertz CT molecular complexity index is 139. The van der Waals surface area contributed by atoms with Gasteiger partial charge in [0.2, 0.25) is 0 Å². The van der Waals surface area contributed by atoms with E-state index < -0.39 is 0 Å². The minimum atomic E-state index is -0.0874. The first-order valence-corrected chi connectivity index (χ1v) is 6.54. The van der Waals surface area contributed by atoms with Crippen LogP contribution in [-0.2, 0) is 9.47 Å². The maximum Gasteiger partial charge on any atom is 0.0780 e. The van der Waals surface area contributed by atoms with E-state index in [9.17, 15) is 0 Å². The highest BCUT2D eigenvalue weighted by atomic mass is 16.5. The molecule has 2 unspecified atom stereocenters. The molecule has 98 valence electrons. The van der Waals surface area contributed by atoms with Crippen molar-refractivity contribution < 1.29 is 14.6 Å². The van der Waals surface area contributed by atoms with E-state index in [0.29, 0.717) is 6.61 Å². The summed E-state index contributed by atoms with van der Waals surface area (Å²) < 4.78 is 11.0. The highest BCUT2D eigenvalue weighted by molar-refractivity contribution is 4.52. The molecular weight excluding hydrogens is 204 g/mol. The smallest absolute Gasteiger partial charge is 0.0780 e. The van der Waals surface area contributed by atoms with Gasteiger partial charge >= 0.3 is 0 Å². The fourth-order valence-corrected chi connectivity index (χ4v) is 1.39. The maximum absolute atomic E-state index is 8.78. The number of aliphatic hydroxyl groups is 1. The van der Waals surface area contributed by atoms with Gasteiger partial charge in [-0.1, -0.05) is 32.6 Å². The second kappa shape index (κ2) is 11.4. The van der Waals surface area contributed by atoms with Crippen molar-refractivity contribution in [1.29, 1.82) is 0 Å². The summed E-state index contributed by atoms with van der Waals surface area (Å²) in [5.41, 5.74) is 0. The fraction of sp³-hybridized carbons (Fsp3) is 1.00. The zero-order valence-electron chi connectivity index (χ0n) is 11.1. The largest absolute Gasteiger partial charge is 0.394 e. The van der Waals surface area contributed by atoms with Crippen LogP contribution in [-0.4, -0.2) is 37.1 Å². The first-order valence-electron chi connectivity index (χ1n) is 6.54. The number of hydrogen-bond acceptors (Lipinski definition) is 3. The van der Waals surface area contributed by atoms with E-state index in [-0.39, 0.29) is 18.8 Å². The molecule has 0 saturated carbocycles. The summed E-state index contributed by atoms with van der Waals surface area (Å²) >= 11 is 0. The lowest BCUT2D eigenvalue weighted by Gasteiger charge is -2.16. The average Bonchev–Trinajstić information content (AvgIpc) is 2.30. The molecule has 0 rings (SSSR count). The molecule has 0 aliphatic heterocycles. The van der Waals surface area contributed by atoms with Gasteiger partial charge in [0.25, 0.3) is 0 Å². The second-order valence-electron chi connectivity index (χ2n) is 4.42. The molecular formula is C13H28O3. The van der Waals surface area contributed by atoms with Gasteiger partial charge in [0.15, 0.2) is 0 Å². The van der Waals surface area contributed by atoms with Crippen molar-refractivity contribution in [1.82, 2.24) is 0 Å². The highest BCUT2D eigenvalue weighted by Gasteiger charge is 2.05. The standard InChI is InChI=1S/C13H28O3/c1-4-5-6-7-8-9-15-13(3)11-16-12(2)10-14/h12-14H,4-11H2,1-3H3. The van der Waals surface area contributed by atoms with Crippen LogP contribution >= 0.6 is 0 Å². The van der Waals surface area contributed by atoms with Crippen molar-refractivity contribution in [3.05, 3.63) is 0 Å². The van der Waals surface area contributed by atoms with Crippen molar-refractivity contribution in [2.75, 3.05) is 19.8 Å². The summed E-state index contributed by atoms with van der Waals surface area (Å²) in [5.74, 6) is 0. The van der Waals surface area contributed by atoms with Crippen LogP contribution in [0.1, 0.15) is 52.9 Å². The molecule has 1 N–H and O–H groups in total. The average molecular weight is 232 g/mol. The molecule has 0 fully saturated rings. The topological polar surface area (TPSA) is 38.7 Å². The summed E-state index contributed by atoms with van der Waals surface area (Å²) in [6, 6.07) is 0. The van der Waals surface area contributed by atoms with E-state index in [0.717, 1.165) is 13.0 Å². The first-order chi connectivity index (χ1) is 7.70. The van der Waals surface area contributed by atoms with Crippen molar-refractivity contribution >= 4 is 0 Å². The molecule has 3 heteroatoms. The van der Waals surface area contributed by atoms with Crippen molar-refractivity contribution in [3.8, 4) is 0 Å². The third kappa shape index (κ3) is 10.4. The predicted molar refractivity (Wildman–Crippen MR) is 66.7 cm³/mol. The van der Waals surface area contributed by atoms with Crippen LogP contribution in [0, 0.1) is 0 Å². The van der Waals surface area contributed by atoms with Gasteiger partial charge in [0, 0.05) is 6.61 Å². The van der Waals surface area contributed by atoms with E-state index in [1.165, 1.54) is 25.7 Å². The molecule has 0 aliphatic carbocycles. The van der Waals surface area contributed by atoms with Crippen LogP contribution in [0.2, 0.25) is 0 Å².